The van der Waals surface area contributed by atoms with E-state index in [1.165, 1.54) is 41.7 Å². The van der Waals surface area contributed by atoms with Crippen LogP contribution in [0.25, 0.3) is 0 Å². The van der Waals surface area contributed by atoms with Gasteiger partial charge in [0, 0.05) is 24.7 Å². The third-order valence-corrected chi connectivity index (χ3v) is 6.04. The van der Waals surface area contributed by atoms with Crippen LogP contribution in [-0.4, -0.2) is 32.9 Å². The summed E-state index contributed by atoms with van der Waals surface area (Å²) in [5, 5.41) is 1.58. The number of ether oxygens (including phenoxy) is 1. The quantitative estimate of drug-likeness (QED) is 0.881. The number of anilines is 1. The summed E-state index contributed by atoms with van der Waals surface area (Å²) in [6, 6.07) is 6.97. The van der Waals surface area contributed by atoms with Crippen molar-refractivity contribution in [3.8, 4) is 5.75 Å². The molecule has 114 valence electrons. The molecular weight excluding hydrogens is 315 g/mol. The molecule has 0 amide bonds. The van der Waals surface area contributed by atoms with Gasteiger partial charge in [-0.25, -0.2) is 12.8 Å². The smallest absolute Gasteiger partial charge is 0.252 e. The molecule has 1 heterocycles. The fourth-order valence-corrected chi connectivity index (χ4v) is 4.01. The van der Waals surface area contributed by atoms with E-state index in [9.17, 15) is 12.8 Å². The van der Waals surface area contributed by atoms with Crippen LogP contribution >= 0.6 is 11.3 Å². The van der Waals surface area contributed by atoms with Gasteiger partial charge in [-0.1, -0.05) is 0 Å². The maximum Gasteiger partial charge on any atom is 0.252 e. The van der Waals surface area contributed by atoms with Crippen molar-refractivity contribution < 1.29 is 17.5 Å². The van der Waals surface area contributed by atoms with Crippen molar-refractivity contribution >= 4 is 27.0 Å². The largest absolute Gasteiger partial charge is 0.492 e. The van der Waals surface area contributed by atoms with Gasteiger partial charge >= 0.3 is 0 Å². The topological polar surface area (TPSA) is 72.6 Å². The zero-order valence-corrected chi connectivity index (χ0v) is 13.0. The molecule has 5 nitrogen and oxygen atoms in total. The average Bonchev–Trinajstić information content (AvgIpc) is 2.88. The number of nitrogen functional groups attached to an aromatic ring is 1. The minimum absolute atomic E-state index is 0.169. The van der Waals surface area contributed by atoms with Crippen LogP contribution < -0.4 is 10.5 Å². The van der Waals surface area contributed by atoms with Crippen LogP contribution in [0.15, 0.2) is 39.9 Å². The first kappa shape index (κ1) is 15.7. The predicted octanol–water partition coefficient (Wildman–Crippen LogP) is 2.17. The van der Waals surface area contributed by atoms with Crippen LogP contribution in [0.2, 0.25) is 0 Å². The van der Waals surface area contributed by atoms with Gasteiger partial charge in [0.15, 0.2) is 0 Å². The van der Waals surface area contributed by atoms with E-state index in [4.69, 9.17) is 10.5 Å². The number of hydrogen-bond donors (Lipinski definition) is 1. The number of rotatable bonds is 6. The molecule has 1 aromatic carbocycles. The van der Waals surface area contributed by atoms with E-state index in [2.05, 4.69) is 0 Å². The molecule has 0 aliphatic heterocycles. The SMILES string of the molecule is CN(CCOc1ccc(F)cc1)S(=O)(=O)c1cc(N)cs1. The lowest BCUT2D eigenvalue weighted by molar-refractivity contribution is 0.286. The van der Waals surface area contributed by atoms with Crippen molar-refractivity contribution in [3.05, 3.63) is 41.5 Å². The van der Waals surface area contributed by atoms with Crippen molar-refractivity contribution in [1.82, 2.24) is 4.31 Å². The summed E-state index contributed by atoms with van der Waals surface area (Å²) in [5.74, 6) is 0.139. The van der Waals surface area contributed by atoms with Crippen LogP contribution in [0.5, 0.6) is 5.75 Å². The Kier molecular flexibility index (Phi) is 4.81. The molecule has 21 heavy (non-hydrogen) atoms. The number of nitrogens with zero attached hydrogens (tertiary/aromatic N) is 1. The third-order valence-electron chi connectivity index (χ3n) is 2.75. The fourth-order valence-electron chi connectivity index (χ4n) is 1.56. The number of thiophene rings is 1. The second kappa shape index (κ2) is 6.42. The molecule has 2 N–H and O–H groups in total. The van der Waals surface area contributed by atoms with Gasteiger partial charge in [0.05, 0.1) is 0 Å². The number of sulfonamides is 1. The Labute approximate surface area is 126 Å². The van der Waals surface area contributed by atoms with E-state index in [1.807, 2.05) is 0 Å². The molecule has 0 bridgehead atoms. The molecule has 2 rings (SSSR count). The van der Waals surface area contributed by atoms with Crippen LogP contribution in [0.1, 0.15) is 0 Å². The van der Waals surface area contributed by atoms with Gasteiger partial charge in [0.2, 0.25) is 0 Å². The second-order valence-corrected chi connectivity index (χ2v) is 7.51. The van der Waals surface area contributed by atoms with Gasteiger partial charge in [-0.3, -0.25) is 0 Å². The van der Waals surface area contributed by atoms with Crippen molar-refractivity contribution in [1.29, 1.82) is 0 Å². The number of halogens is 1. The lowest BCUT2D eigenvalue weighted by atomic mass is 10.3. The highest BCUT2D eigenvalue weighted by molar-refractivity contribution is 7.91. The molecule has 1 aromatic heterocycles. The summed E-state index contributed by atoms with van der Waals surface area (Å²) >= 11 is 1.08. The third kappa shape index (κ3) is 3.93. The molecule has 8 heteroatoms. The van der Waals surface area contributed by atoms with E-state index in [-0.39, 0.29) is 23.2 Å². The van der Waals surface area contributed by atoms with E-state index in [0.717, 1.165) is 11.3 Å². The van der Waals surface area contributed by atoms with Gasteiger partial charge in [-0.15, -0.1) is 11.3 Å². The number of nitrogens with two attached hydrogens (primary N) is 1. The maximum atomic E-state index is 12.7. The molecule has 0 saturated carbocycles. The zero-order valence-electron chi connectivity index (χ0n) is 11.3. The average molecular weight is 330 g/mol. The van der Waals surface area contributed by atoms with E-state index in [1.54, 1.807) is 5.38 Å². The second-order valence-electron chi connectivity index (χ2n) is 4.33. The first-order chi connectivity index (χ1) is 9.89. The molecule has 0 aliphatic carbocycles. The Morgan fingerprint density at radius 2 is 2.00 bits per heavy atom. The lowest BCUT2D eigenvalue weighted by Crippen LogP contribution is -2.30. The van der Waals surface area contributed by atoms with Crippen LogP contribution in [0.4, 0.5) is 10.1 Å². The number of hydrogen-bond acceptors (Lipinski definition) is 5. The van der Waals surface area contributed by atoms with Crippen molar-refractivity contribution in [2.24, 2.45) is 0 Å². The fraction of sp³-hybridized carbons (Fsp3) is 0.231. The molecule has 0 fully saturated rings. The minimum Gasteiger partial charge on any atom is -0.492 e. The summed E-state index contributed by atoms with van der Waals surface area (Å²) in [6.45, 7) is 0.347. The highest BCUT2D eigenvalue weighted by Crippen LogP contribution is 2.24. The van der Waals surface area contributed by atoms with Gasteiger partial charge in [0.1, 0.15) is 22.4 Å². The van der Waals surface area contributed by atoms with Crippen molar-refractivity contribution in [2.45, 2.75) is 4.21 Å². The van der Waals surface area contributed by atoms with Crippen LogP contribution in [0.3, 0.4) is 0 Å². The minimum atomic E-state index is -3.55. The standard InChI is InChI=1S/C13H15FN2O3S2/c1-16(21(17,18)13-8-11(15)9-20-13)6-7-19-12-4-2-10(14)3-5-12/h2-5,8-9H,6-7,15H2,1H3. The summed E-state index contributed by atoms with van der Waals surface area (Å²) in [5.41, 5.74) is 5.96. The normalized spacial score (nSPS) is 11.8. The van der Waals surface area contributed by atoms with E-state index < -0.39 is 10.0 Å². The summed E-state index contributed by atoms with van der Waals surface area (Å²) in [6.07, 6.45) is 0. The summed E-state index contributed by atoms with van der Waals surface area (Å²) in [7, 11) is -2.08. The molecule has 0 unspecified atom stereocenters. The molecular formula is C13H15FN2O3S2. The Hall–Kier alpha value is -1.64. The highest BCUT2D eigenvalue weighted by atomic mass is 32.2. The molecule has 0 saturated heterocycles. The number of likely N-dealkylation sites (N-methyl/N-ethyl adjacent to an activating group) is 1. The molecule has 0 radical (unpaired) electrons. The van der Waals surface area contributed by atoms with Crippen molar-refractivity contribution in [3.63, 3.8) is 0 Å². The first-order valence-electron chi connectivity index (χ1n) is 6.08. The Morgan fingerprint density at radius 1 is 1.33 bits per heavy atom. The van der Waals surface area contributed by atoms with Crippen LogP contribution in [0, 0.1) is 5.82 Å². The van der Waals surface area contributed by atoms with Gasteiger partial charge in [0.25, 0.3) is 10.0 Å². The molecule has 2 aromatic rings. The Bertz CT molecular complexity index is 698. The Morgan fingerprint density at radius 3 is 2.57 bits per heavy atom. The highest BCUT2D eigenvalue weighted by Gasteiger charge is 2.22. The lowest BCUT2D eigenvalue weighted by Gasteiger charge is -2.16. The van der Waals surface area contributed by atoms with Gasteiger partial charge in [-0.05, 0) is 30.3 Å². The summed E-state index contributed by atoms with van der Waals surface area (Å²) in [4.78, 5) is 0. The van der Waals surface area contributed by atoms with E-state index in [0.29, 0.717) is 11.4 Å². The Balaban J connectivity index is 1.92. The molecule has 0 atom stereocenters. The monoisotopic (exact) mass is 330 g/mol. The van der Waals surface area contributed by atoms with Gasteiger partial charge in [-0.2, -0.15) is 4.31 Å². The predicted molar refractivity (Wildman–Crippen MR) is 80.4 cm³/mol. The molecule has 0 aliphatic rings. The van der Waals surface area contributed by atoms with Gasteiger partial charge < -0.3 is 10.5 Å². The maximum absolute atomic E-state index is 12.7. The zero-order chi connectivity index (χ0) is 15.5. The number of benzene rings is 1. The molecule has 0 spiro atoms. The van der Waals surface area contributed by atoms with Crippen LogP contribution in [-0.2, 0) is 10.0 Å². The van der Waals surface area contributed by atoms with Crippen molar-refractivity contribution in [2.75, 3.05) is 25.9 Å². The van der Waals surface area contributed by atoms with E-state index >= 15 is 0 Å². The summed E-state index contributed by atoms with van der Waals surface area (Å²) < 4.78 is 43.9. The first-order valence-corrected chi connectivity index (χ1v) is 8.40.